The first-order valence-electron chi connectivity index (χ1n) is 7.83. The van der Waals surface area contributed by atoms with Crippen molar-refractivity contribution in [2.24, 2.45) is 0 Å². The van der Waals surface area contributed by atoms with Crippen molar-refractivity contribution in [3.8, 4) is 0 Å². The van der Waals surface area contributed by atoms with E-state index in [1.54, 1.807) is 0 Å². The molecule has 3 atom stereocenters. The zero-order chi connectivity index (χ0) is 14.4. The number of nitrogens with zero attached hydrogens (tertiary/aromatic N) is 2. The molecule has 1 N–H and O–H groups in total. The van der Waals surface area contributed by atoms with Gasteiger partial charge < -0.3 is 9.84 Å². The van der Waals surface area contributed by atoms with Gasteiger partial charge in [-0.15, -0.1) is 0 Å². The Labute approximate surface area is 124 Å². The quantitative estimate of drug-likeness (QED) is 0.941. The molecule has 0 spiro atoms. The fraction of sp³-hybridized carbons (Fsp3) is 0.529. The van der Waals surface area contributed by atoms with E-state index >= 15 is 0 Å². The van der Waals surface area contributed by atoms with Gasteiger partial charge in [0.2, 0.25) is 5.89 Å². The first-order chi connectivity index (χ1) is 10.2. The van der Waals surface area contributed by atoms with Crippen molar-refractivity contribution < 1.29 is 4.52 Å². The molecule has 0 amide bonds. The minimum absolute atomic E-state index is 0.421. The number of hydrogen-bond acceptors (Lipinski definition) is 4. The van der Waals surface area contributed by atoms with Crippen molar-refractivity contribution in [1.82, 2.24) is 15.5 Å². The average molecular weight is 283 g/mol. The van der Waals surface area contributed by atoms with E-state index in [-0.39, 0.29) is 0 Å². The van der Waals surface area contributed by atoms with Gasteiger partial charge in [0.05, 0.1) is 5.92 Å². The van der Waals surface area contributed by atoms with Gasteiger partial charge in [0.15, 0.2) is 5.82 Å². The molecule has 1 aromatic carbocycles. The maximum Gasteiger partial charge on any atom is 0.231 e. The molecule has 2 bridgehead atoms. The molecule has 4 rings (SSSR count). The average Bonchev–Trinajstić information content (AvgIpc) is 3.12. The number of fused-ring (bicyclic) bond motifs is 2. The summed E-state index contributed by atoms with van der Waals surface area (Å²) in [5, 5.41) is 7.81. The van der Waals surface area contributed by atoms with Crippen molar-refractivity contribution in [2.45, 2.75) is 57.5 Å². The Kier molecular flexibility index (Phi) is 3.07. The van der Waals surface area contributed by atoms with Crippen molar-refractivity contribution in [3.63, 3.8) is 0 Å². The molecule has 4 heteroatoms. The Balaban J connectivity index is 1.52. The largest absolute Gasteiger partial charge is 0.339 e. The lowest BCUT2D eigenvalue weighted by Gasteiger charge is -2.15. The van der Waals surface area contributed by atoms with E-state index in [1.165, 1.54) is 29.5 Å². The zero-order valence-corrected chi connectivity index (χ0v) is 12.6. The van der Waals surface area contributed by atoms with Crippen LogP contribution in [0.15, 0.2) is 22.7 Å². The van der Waals surface area contributed by atoms with Crippen LogP contribution >= 0.6 is 0 Å². The molecule has 2 aliphatic rings. The van der Waals surface area contributed by atoms with Crippen LogP contribution in [0.4, 0.5) is 0 Å². The molecule has 0 aliphatic carbocycles. The van der Waals surface area contributed by atoms with Gasteiger partial charge in [-0.05, 0) is 38.7 Å². The highest BCUT2D eigenvalue weighted by Gasteiger charge is 2.42. The van der Waals surface area contributed by atoms with Crippen molar-refractivity contribution >= 4 is 0 Å². The van der Waals surface area contributed by atoms with Crippen LogP contribution in [-0.4, -0.2) is 22.2 Å². The van der Waals surface area contributed by atoms with Gasteiger partial charge in [-0.1, -0.05) is 34.5 Å². The van der Waals surface area contributed by atoms with E-state index in [9.17, 15) is 0 Å². The number of aromatic nitrogens is 2. The second-order valence-corrected chi connectivity index (χ2v) is 6.61. The van der Waals surface area contributed by atoms with E-state index in [2.05, 4.69) is 47.5 Å². The molecule has 1 aromatic heterocycles. The highest BCUT2D eigenvalue weighted by atomic mass is 16.5. The first-order valence-corrected chi connectivity index (χ1v) is 7.83. The van der Waals surface area contributed by atoms with Gasteiger partial charge in [-0.2, -0.15) is 4.98 Å². The maximum atomic E-state index is 5.53. The van der Waals surface area contributed by atoms with E-state index in [0.717, 1.165) is 24.6 Å². The molecule has 21 heavy (non-hydrogen) atoms. The zero-order valence-electron chi connectivity index (χ0n) is 12.6. The van der Waals surface area contributed by atoms with Crippen LogP contribution in [0.1, 0.15) is 53.6 Å². The summed E-state index contributed by atoms with van der Waals surface area (Å²) in [6, 6.07) is 7.79. The normalized spacial score (nSPS) is 27.4. The third-order valence-corrected chi connectivity index (χ3v) is 4.74. The molecule has 3 unspecified atom stereocenters. The predicted molar refractivity (Wildman–Crippen MR) is 80.3 cm³/mol. The summed E-state index contributed by atoms with van der Waals surface area (Å²) in [5.41, 5.74) is 3.82. The lowest BCUT2D eigenvalue weighted by molar-refractivity contribution is 0.327. The van der Waals surface area contributed by atoms with E-state index in [4.69, 9.17) is 4.52 Å². The first kappa shape index (κ1) is 13.0. The SMILES string of the molecule is Cc1cc(C)cc(Cc2noc(C3CC4CCC3N4)n2)c1. The lowest BCUT2D eigenvalue weighted by Crippen LogP contribution is -2.21. The Morgan fingerprint density at radius 2 is 2.00 bits per heavy atom. The van der Waals surface area contributed by atoms with Crippen molar-refractivity contribution in [3.05, 3.63) is 46.6 Å². The summed E-state index contributed by atoms with van der Waals surface area (Å²) in [6.45, 7) is 4.25. The van der Waals surface area contributed by atoms with Gasteiger partial charge in [0, 0.05) is 18.5 Å². The second-order valence-electron chi connectivity index (χ2n) is 6.61. The van der Waals surface area contributed by atoms with Gasteiger partial charge in [-0.25, -0.2) is 0 Å². The van der Waals surface area contributed by atoms with Crippen molar-refractivity contribution in [2.75, 3.05) is 0 Å². The Morgan fingerprint density at radius 3 is 2.67 bits per heavy atom. The summed E-state index contributed by atoms with van der Waals surface area (Å²) in [4.78, 5) is 4.65. The number of nitrogens with one attached hydrogen (secondary N) is 1. The maximum absolute atomic E-state index is 5.53. The minimum Gasteiger partial charge on any atom is -0.339 e. The topological polar surface area (TPSA) is 51.0 Å². The van der Waals surface area contributed by atoms with E-state index in [1.807, 2.05) is 0 Å². The van der Waals surface area contributed by atoms with Crippen LogP contribution in [-0.2, 0) is 6.42 Å². The highest BCUT2D eigenvalue weighted by molar-refractivity contribution is 5.30. The third kappa shape index (κ3) is 2.48. The summed E-state index contributed by atoms with van der Waals surface area (Å²) >= 11 is 0. The van der Waals surface area contributed by atoms with Crippen LogP contribution in [0.5, 0.6) is 0 Å². The van der Waals surface area contributed by atoms with E-state index < -0.39 is 0 Å². The Hall–Kier alpha value is -1.68. The monoisotopic (exact) mass is 283 g/mol. The van der Waals surface area contributed by atoms with Gasteiger partial charge in [0.25, 0.3) is 0 Å². The summed E-state index contributed by atoms with van der Waals surface area (Å²) < 4.78 is 5.53. The Bertz CT molecular complexity index is 644. The number of aryl methyl sites for hydroxylation is 2. The molecular formula is C17H21N3O. The fourth-order valence-corrected chi connectivity index (χ4v) is 3.94. The van der Waals surface area contributed by atoms with Crippen LogP contribution in [0.25, 0.3) is 0 Å². The van der Waals surface area contributed by atoms with Gasteiger partial charge >= 0.3 is 0 Å². The van der Waals surface area contributed by atoms with Crippen LogP contribution in [0.2, 0.25) is 0 Å². The fourth-order valence-electron chi connectivity index (χ4n) is 3.94. The molecular weight excluding hydrogens is 262 g/mol. The summed E-state index contributed by atoms with van der Waals surface area (Å²) in [7, 11) is 0. The van der Waals surface area contributed by atoms with E-state index in [0.29, 0.717) is 18.0 Å². The van der Waals surface area contributed by atoms with Crippen molar-refractivity contribution in [1.29, 1.82) is 0 Å². The standard InChI is InChI=1S/C17H21N3O/c1-10-5-11(2)7-12(6-10)8-16-19-17(21-20-16)14-9-13-3-4-15(14)18-13/h5-7,13-15,18H,3-4,8-9H2,1-2H3. The Morgan fingerprint density at radius 1 is 1.19 bits per heavy atom. The van der Waals surface area contributed by atoms with Crippen LogP contribution in [0, 0.1) is 13.8 Å². The van der Waals surface area contributed by atoms with Crippen LogP contribution < -0.4 is 5.32 Å². The smallest absolute Gasteiger partial charge is 0.231 e. The predicted octanol–water partition coefficient (Wildman–Crippen LogP) is 2.89. The molecule has 3 heterocycles. The number of hydrogen-bond donors (Lipinski definition) is 1. The molecule has 0 saturated carbocycles. The summed E-state index contributed by atoms with van der Waals surface area (Å²) in [5.74, 6) is 2.05. The van der Waals surface area contributed by atoms with Gasteiger partial charge in [0.1, 0.15) is 0 Å². The molecule has 4 nitrogen and oxygen atoms in total. The third-order valence-electron chi connectivity index (χ3n) is 4.74. The second kappa shape index (κ2) is 4.95. The molecule has 110 valence electrons. The number of benzene rings is 1. The molecule has 2 aromatic rings. The highest BCUT2D eigenvalue weighted by Crippen LogP contribution is 2.39. The molecule has 2 saturated heterocycles. The lowest BCUT2D eigenvalue weighted by atomic mass is 9.89. The number of rotatable bonds is 3. The summed E-state index contributed by atoms with van der Waals surface area (Å²) in [6.07, 6.45) is 4.44. The molecule has 2 aliphatic heterocycles. The minimum atomic E-state index is 0.421. The van der Waals surface area contributed by atoms with Gasteiger partial charge in [-0.3, -0.25) is 0 Å². The molecule has 2 fully saturated rings. The van der Waals surface area contributed by atoms with Crippen LogP contribution in [0.3, 0.4) is 0 Å². The molecule has 0 radical (unpaired) electrons.